The van der Waals surface area contributed by atoms with Crippen molar-refractivity contribution in [2.45, 2.75) is 12.5 Å². The van der Waals surface area contributed by atoms with Crippen LogP contribution in [0.3, 0.4) is 0 Å². The molecule has 28 heavy (non-hydrogen) atoms. The summed E-state index contributed by atoms with van der Waals surface area (Å²) in [6.07, 6.45) is 0.755. The lowest BCUT2D eigenvalue weighted by Gasteiger charge is -2.20. The Morgan fingerprint density at radius 1 is 1.11 bits per heavy atom. The van der Waals surface area contributed by atoms with Crippen molar-refractivity contribution in [1.29, 1.82) is 0 Å². The van der Waals surface area contributed by atoms with Crippen molar-refractivity contribution in [1.82, 2.24) is 4.90 Å². The highest BCUT2D eigenvalue weighted by Crippen LogP contribution is 2.34. The standard InChI is InChI=1S/C20H23N3O4.ClH/c1-26-17-10-15(20(25)23-9-8-14(21)12-23)16(11-18(17)27-2)22-19(24)13-6-4-3-5-7-13;/h3-7,10-11,14H,8-9,12,21H2,1-2H3,(H,22,24);1H/t14-;/m1./s1. The van der Waals surface area contributed by atoms with E-state index in [-0.39, 0.29) is 30.3 Å². The van der Waals surface area contributed by atoms with E-state index in [4.69, 9.17) is 15.2 Å². The first-order valence-electron chi connectivity index (χ1n) is 8.70. The van der Waals surface area contributed by atoms with Crippen LogP contribution in [-0.4, -0.2) is 50.1 Å². The summed E-state index contributed by atoms with van der Waals surface area (Å²) in [5, 5.41) is 2.82. The molecule has 0 bridgehead atoms. The molecule has 3 N–H and O–H groups in total. The maximum Gasteiger partial charge on any atom is 0.256 e. The smallest absolute Gasteiger partial charge is 0.256 e. The van der Waals surface area contributed by atoms with Gasteiger partial charge in [0.2, 0.25) is 0 Å². The third-order valence-electron chi connectivity index (χ3n) is 4.55. The zero-order valence-corrected chi connectivity index (χ0v) is 16.6. The van der Waals surface area contributed by atoms with E-state index < -0.39 is 0 Å². The molecular formula is C20H24ClN3O4. The van der Waals surface area contributed by atoms with Gasteiger partial charge in [0.05, 0.1) is 25.5 Å². The average Bonchev–Trinajstić information content (AvgIpc) is 3.14. The Morgan fingerprint density at radius 2 is 1.75 bits per heavy atom. The number of amides is 2. The lowest BCUT2D eigenvalue weighted by Crippen LogP contribution is -2.32. The Balaban J connectivity index is 0.00000280. The molecule has 8 heteroatoms. The third kappa shape index (κ3) is 4.55. The van der Waals surface area contributed by atoms with Crippen LogP contribution >= 0.6 is 12.4 Å². The molecule has 1 heterocycles. The molecule has 2 amide bonds. The largest absolute Gasteiger partial charge is 0.493 e. The van der Waals surface area contributed by atoms with E-state index in [0.29, 0.717) is 41.4 Å². The summed E-state index contributed by atoms with van der Waals surface area (Å²) in [5.74, 6) is 0.333. The van der Waals surface area contributed by atoms with Crippen LogP contribution in [0.2, 0.25) is 0 Å². The molecule has 1 atom stereocenters. The molecule has 1 aliphatic heterocycles. The van der Waals surface area contributed by atoms with Gasteiger partial charge >= 0.3 is 0 Å². The van der Waals surface area contributed by atoms with E-state index in [2.05, 4.69) is 5.32 Å². The highest BCUT2D eigenvalue weighted by Gasteiger charge is 2.28. The Labute approximate surface area is 170 Å². The van der Waals surface area contributed by atoms with E-state index in [9.17, 15) is 9.59 Å². The monoisotopic (exact) mass is 405 g/mol. The molecule has 0 spiro atoms. The second kappa shape index (κ2) is 9.43. The van der Waals surface area contributed by atoms with Crippen molar-refractivity contribution < 1.29 is 19.1 Å². The number of anilines is 1. The number of nitrogens with two attached hydrogens (primary N) is 1. The highest BCUT2D eigenvalue weighted by atomic mass is 35.5. The number of carbonyl (C=O) groups is 2. The van der Waals surface area contributed by atoms with Gasteiger partial charge in [-0.3, -0.25) is 9.59 Å². The Morgan fingerprint density at radius 3 is 2.32 bits per heavy atom. The van der Waals surface area contributed by atoms with Crippen LogP contribution in [0.5, 0.6) is 11.5 Å². The molecule has 0 aliphatic carbocycles. The van der Waals surface area contributed by atoms with Crippen molar-refractivity contribution >= 4 is 29.9 Å². The van der Waals surface area contributed by atoms with Crippen LogP contribution in [0, 0.1) is 0 Å². The van der Waals surface area contributed by atoms with Gasteiger partial charge in [-0.1, -0.05) is 18.2 Å². The molecule has 7 nitrogen and oxygen atoms in total. The molecule has 1 saturated heterocycles. The normalized spacial score (nSPS) is 15.5. The van der Waals surface area contributed by atoms with Gasteiger partial charge in [0, 0.05) is 30.8 Å². The Hall–Kier alpha value is -2.77. The summed E-state index contributed by atoms with van der Waals surface area (Å²) in [6, 6.07) is 12.0. The molecule has 150 valence electrons. The summed E-state index contributed by atoms with van der Waals surface area (Å²) in [4.78, 5) is 27.3. The van der Waals surface area contributed by atoms with Crippen LogP contribution < -0.4 is 20.5 Å². The minimum atomic E-state index is -0.310. The van der Waals surface area contributed by atoms with E-state index in [1.54, 1.807) is 41.3 Å². The quantitative estimate of drug-likeness (QED) is 0.797. The minimum absolute atomic E-state index is 0. The number of benzene rings is 2. The lowest BCUT2D eigenvalue weighted by atomic mass is 10.1. The van der Waals surface area contributed by atoms with Crippen LogP contribution in [0.25, 0.3) is 0 Å². The predicted molar refractivity (Wildman–Crippen MR) is 110 cm³/mol. The molecule has 0 radical (unpaired) electrons. The van der Waals surface area contributed by atoms with Gasteiger partial charge in [-0.05, 0) is 24.6 Å². The van der Waals surface area contributed by atoms with E-state index in [1.165, 1.54) is 14.2 Å². The van der Waals surface area contributed by atoms with E-state index in [0.717, 1.165) is 6.42 Å². The number of hydrogen-bond acceptors (Lipinski definition) is 5. The Bertz CT molecular complexity index is 845. The van der Waals surface area contributed by atoms with Gasteiger partial charge in [-0.25, -0.2) is 0 Å². The molecule has 1 fully saturated rings. The summed E-state index contributed by atoms with van der Waals surface area (Å²) in [7, 11) is 3.00. The molecule has 2 aromatic rings. The number of carbonyl (C=O) groups excluding carboxylic acids is 2. The molecule has 0 saturated carbocycles. The zero-order chi connectivity index (χ0) is 19.4. The molecule has 0 aromatic heterocycles. The van der Waals surface area contributed by atoms with Crippen molar-refractivity contribution in [2.75, 3.05) is 32.6 Å². The first kappa shape index (κ1) is 21.5. The van der Waals surface area contributed by atoms with Gasteiger partial charge in [-0.15, -0.1) is 12.4 Å². The lowest BCUT2D eigenvalue weighted by molar-refractivity contribution is 0.0791. The average molecular weight is 406 g/mol. The van der Waals surface area contributed by atoms with E-state index in [1.807, 2.05) is 6.07 Å². The number of nitrogens with zero attached hydrogens (tertiary/aromatic N) is 1. The summed E-state index contributed by atoms with van der Waals surface area (Å²) in [6.45, 7) is 1.07. The van der Waals surface area contributed by atoms with Crippen LogP contribution in [0.1, 0.15) is 27.1 Å². The van der Waals surface area contributed by atoms with Gasteiger partial charge in [0.25, 0.3) is 11.8 Å². The number of ether oxygens (including phenoxy) is 2. The molecule has 3 rings (SSSR count). The molecule has 1 aliphatic rings. The first-order chi connectivity index (χ1) is 13.0. The van der Waals surface area contributed by atoms with Crippen LogP contribution in [0.4, 0.5) is 5.69 Å². The summed E-state index contributed by atoms with van der Waals surface area (Å²) < 4.78 is 10.6. The number of halogens is 1. The van der Waals surface area contributed by atoms with Crippen LogP contribution in [0.15, 0.2) is 42.5 Å². The fourth-order valence-corrected chi connectivity index (χ4v) is 3.09. The SMILES string of the molecule is COc1cc(NC(=O)c2ccccc2)c(C(=O)N2CC[C@@H](N)C2)cc1OC.Cl. The first-order valence-corrected chi connectivity index (χ1v) is 8.70. The molecule has 0 unspecified atom stereocenters. The fraction of sp³-hybridized carbons (Fsp3) is 0.300. The molecule has 2 aromatic carbocycles. The summed E-state index contributed by atoms with van der Waals surface area (Å²) >= 11 is 0. The van der Waals surface area contributed by atoms with Gasteiger partial charge < -0.3 is 25.4 Å². The number of hydrogen-bond donors (Lipinski definition) is 2. The van der Waals surface area contributed by atoms with Gasteiger partial charge in [-0.2, -0.15) is 0 Å². The maximum atomic E-state index is 13.0. The predicted octanol–water partition coefficient (Wildman–Crippen LogP) is 2.55. The van der Waals surface area contributed by atoms with Crippen molar-refractivity contribution in [2.24, 2.45) is 5.73 Å². The number of rotatable bonds is 5. The number of likely N-dealkylation sites (tertiary alicyclic amines) is 1. The topological polar surface area (TPSA) is 93.9 Å². The zero-order valence-electron chi connectivity index (χ0n) is 15.8. The van der Waals surface area contributed by atoms with E-state index >= 15 is 0 Å². The fourth-order valence-electron chi connectivity index (χ4n) is 3.09. The summed E-state index contributed by atoms with van der Waals surface area (Å²) in [5.41, 5.74) is 7.13. The molecular weight excluding hydrogens is 382 g/mol. The minimum Gasteiger partial charge on any atom is -0.493 e. The van der Waals surface area contributed by atoms with Crippen LogP contribution in [-0.2, 0) is 0 Å². The van der Waals surface area contributed by atoms with Crippen molar-refractivity contribution in [3.05, 3.63) is 53.6 Å². The second-order valence-electron chi connectivity index (χ2n) is 6.37. The second-order valence-corrected chi connectivity index (χ2v) is 6.37. The third-order valence-corrected chi connectivity index (χ3v) is 4.55. The van der Waals surface area contributed by atoms with Crippen molar-refractivity contribution in [3.63, 3.8) is 0 Å². The maximum absolute atomic E-state index is 13.0. The number of methoxy groups -OCH3 is 2. The van der Waals surface area contributed by atoms with Crippen molar-refractivity contribution in [3.8, 4) is 11.5 Å². The van der Waals surface area contributed by atoms with Gasteiger partial charge in [0.1, 0.15) is 0 Å². The Kier molecular flexibility index (Phi) is 7.25. The number of nitrogens with one attached hydrogen (secondary N) is 1. The van der Waals surface area contributed by atoms with Gasteiger partial charge in [0.15, 0.2) is 11.5 Å². The highest BCUT2D eigenvalue weighted by molar-refractivity contribution is 6.09.